The molecule has 0 saturated carbocycles. The molecule has 3 aromatic carbocycles. The number of hydrogen-bond acceptors (Lipinski definition) is 5. The Morgan fingerprint density at radius 1 is 1.06 bits per heavy atom. The van der Waals surface area contributed by atoms with Crippen LogP contribution in [0.15, 0.2) is 76.7 Å². The van der Waals surface area contributed by atoms with E-state index in [0.29, 0.717) is 22.2 Å². The van der Waals surface area contributed by atoms with Gasteiger partial charge in [0.15, 0.2) is 5.03 Å². The monoisotopic (exact) mass is 455 g/mol. The van der Waals surface area contributed by atoms with Gasteiger partial charge in [-0.2, -0.15) is 5.10 Å². The molecular formula is C22H18ClN3O4S. The van der Waals surface area contributed by atoms with Crippen molar-refractivity contribution in [3.63, 3.8) is 0 Å². The van der Waals surface area contributed by atoms with Crippen molar-refractivity contribution < 1.29 is 17.9 Å². The van der Waals surface area contributed by atoms with Crippen molar-refractivity contribution in [2.24, 2.45) is 7.05 Å². The number of rotatable bonds is 5. The van der Waals surface area contributed by atoms with Gasteiger partial charge in [-0.15, -0.1) is 0 Å². The minimum absolute atomic E-state index is 0.0957. The number of anilines is 1. The van der Waals surface area contributed by atoms with Crippen LogP contribution in [0.1, 0.15) is 10.4 Å². The quantitative estimate of drug-likeness (QED) is 0.484. The van der Waals surface area contributed by atoms with Crippen LogP contribution in [-0.2, 0) is 16.9 Å². The lowest BCUT2D eigenvalue weighted by Gasteiger charge is -2.09. The van der Waals surface area contributed by atoms with E-state index >= 15 is 0 Å². The summed E-state index contributed by atoms with van der Waals surface area (Å²) in [4.78, 5) is 12.6. The van der Waals surface area contributed by atoms with Crippen molar-refractivity contribution in [3.05, 3.63) is 77.3 Å². The molecule has 0 unspecified atom stereocenters. The number of carbonyl (C=O) groups is 1. The first-order valence-corrected chi connectivity index (χ1v) is 11.1. The van der Waals surface area contributed by atoms with E-state index in [9.17, 15) is 13.2 Å². The lowest BCUT2D eigenvalue weighted by Crippen LogP contribution is -2.11. The Hall–Kier alpha value is -3.36. The average molecular weight is 456 g/mol. The number of benzene rings is 3. The zero-order chi connectivity index (χ0) is 22.2. The molecule has 0 atom stereocenters. The highest BCUT2D eigenvalue weighted by Gasteiger charge is 2.29. The standard InChI is InChI=1S/C22H18ClN3O4S/c1-26-18-10-8-14(21(27)24-16-6-4-3-5-7-16)12-17(18)22(25-26)31(28,29)20-13-15(23)9-11-19(20)30-2/h3-13H,1-2H3,(H,24,27). The molecule has 158 valence electrons. The molecule has 1 heterocycles. The van der Waals surface area contributed by atoms with Crippen LogP contribution in [0.5, 0.6) is 5.75 Å². The molecule has 0 radical (unpaired) electrons. The van der Waals surface area contributed by atoms with Crippen molar-refractivity contribution in [1.29, 1.82) is 0 Å². The van der Waals surface area contributed by atoms with Gasteiger partial charge in [0, 0.05) is 28.7 Å². The van der Waals surface area contributed by atoms with Crippen molar-refractivity contribution in [3.8, 4) is 5.75 Å². The summed E-state index contributed by atoms with van der Waals surface area (Å²) in [6, 6.07) is 18.1. The number of methoxy groups -OCH3 is 1. The minimum atomic E-state index is -4.08. The van der Waals surface area contributed by atoms with Crippen LogP contribution in [0.3, 0.4) is 0 Å². The summed E-state index contributed by atoms with van der Waals surface area (Å²) in [5, 5.41) is 7.41. The lowest BCUT2D eigenvalue weighted by molar-refractivity contribution is 0.102. The first kappa shape index (κ1) is 20.9. The van der Waals surface area contributed by atoms with E-state index in [1.165, 1.54) is 30.0 Å². The van der Waals surface area contributed by atoms with E-state index in [2.05, 4.69) is 10.4 Å². The van der Waals surface area contributed by atoms with Gasteiger partial charge >= 0.3 is 0 Å². The maximum Gasteiger partial charge on any atom is 0.255 e. The topological polar surface area (TPSA) is 90.3 Å². The van der Waals surface area contributed by atoms with Gasteiger partial charge in [-0.1, -0.05) is 29.8 Å². The van der Waals surface area contributed by atoms with Crippen molar-refractivity contribution in [2.45, 2.75) is 9.92 Å². The number of carbonyl (C=O) groups excluding carboxylic acids is 1. The smallest absolute Gasteiger partial charge is 0.255 e. The minimum Gasteiger partial charge on any atom is -0.495 e. The summed E-state index contributed by atoms with van der Waals surface area (Å²) in [7, 11) is -1.07. The number of nitrogens with zero attached hydrogens (tertiary/aromatic N) is 2. The van der Waals surface area contributed by atoms with Crippen LogP contribution < -0.4 is 10.1 Å². The normalized spacial score (nSPS) is 11.5. The van der Waals surface area contributed by atoms with Crippen LogP contribution in [-0.4, -0.2) is 31.2 Å². The van der Waals surface area contributed by atoms with Crippen molar-refractivity contribution in [2.75, 3.05) is 12.4 Å². The molecule has 1 aromatic heterocycles. The van der Waals surface area contributed by atoms with Gasteiger partial charge in [-0.3, -0.25) is 9.48 Å². The molecule has 0 saturated heterocycles. The first-order valence-electron chi connectivity index (χ1n) is 9.23. The maximum absolute atomic E-state index is 13.5. The maximum atomic E-state index is 13.5. The van der Waals surface area contributed by atoms with E-state index in [4.69, 9.17) is 16.3 Å². The second-order valence-corrected chi connectivity index (χ2v) is 9.05. The highest BCUT2D eigenvalue weighted by atomic mass is 35.5. The molecular weight excluding hydrogens is 438 g/mol. The molecule has 7 nitrogen and oxygen atoms in total. The van der Waals surface area contributed by atoms with Crippen LogP contribution in [0, 0.1) is 0 Å². The summed E-state index contributed by atoms with van der Waals surface area (Å²) in [6.45, 7) is 0. The number of halogens is 1. The summed E-state index contributed by atoms with van der Waals surface area (Å²) < 4.78 is 33.6. The number of aryl methyl sites for hydroxylation is 1. The zero-order valence-corrected chi connectivity index (χ0v) is 18.2. The third kappa shape index (κ3) is 3.87. The molecule has 1 N–H and O–H groups in total. The molecule has 0 spiro atoms. The number of fused-ring (bicyclic) bond motifs is 1. The molecule has 0 fully saturated rings. The first-order chi connectivity index (χ1) is 14.8. The fourth-order valence-electron chi connectivity index (χ4n) is 3.26. The average Bonchev–Trinajstić information content (AvgIpc) is 3.11. The lowest BCUT2D eigenvalue weighted by atomic mass is 10.1. The van der Waals surface area contributed by atoms with E-state index < -0.39 is 9.84 Å². The fraction of sp³-hybridized carbons (Fsp3) is 0.0909. The van der Waals surface area contributed by atoms with E-state index in [1.54, 1.807) is 37.4 Å². The van der Waals surface area contributed by atoms with Gasteiger partial charge in [-0.05, 0) is 48.5 Å². The summed E-state index contributed by atoms with van der Waals surface area (Å²) >= 11 is 6.04. The highest BCUT2D eigenvalue weighted by molar-refractivity contribution is 7.91. The van der Waals surface area contributed by atoms with Crippen molar-refractivity contribution >= 4 is 43.9 Å². The molecule has 0 aliphatic rings. The number of hydrogen-bond donors (Lipinski definition) is 1. The van der Waals surface area contributed by atoms with Gasteiger partial charge < -0.3 is 10.1 Å². The molecule has 9 heteroatoms. The number of ether oxygens (including phenoxy) is 1. The highest BCUT2D eigenvalue weighted by Crippen LogP contribution is 2.34. The van der Waals surface area contributed by atoms with Crippen molar-refractivity contribution in [1.82, 2.24) is 9.78 Å². The Labute approximate surface area is 184 Å². The fourth-order valence-corrected chi connectivity index (χ4v) is 5.09. The molecule has 0 aliphatic carbocycles. The molecule has 0 bridgehead atoms. The predicted octanol–water partition coefficient (Wildman–Crippen LogP) is 4.32. The molecule has 1 amide bonds. The summed E-state index contributed by atoms with van der Waals surface area (Å²) in [6.07, 6.45) is 0. The number of sulfone groups is 1. The molecule has 4 rings (SSSR count). The molecule has 4 aromatic rings. The molecule has 0 aliphatic heterocycles. The summed E-state index contributed by atoms with van der Waals surface area (Å²) in [5.74, 6) is -0.207. The third-order valence-electron chi connectivity index (χ3n) is 4.78. The Morgan fingerprint density at radius 2 is 1.81 bits per heavy atom. The van der Waals surface area contributed by atoms with E-state index in [1.807, 2.05) is 18.2 Å². The van der Waals surface area contributed by atoms with Crippen LogP contribution >= 0.6 is 11.6 Å². The summed E-state index contributed by atoms with van der Waals surface area (Å²) in [5.41, 5.74) is 1.50. The number of aromatic nitrogens is 2. The Balaban J connectivity index is 1.83. The Kier molecular flexibility index (Phi) is 5.43. The predicted molar refractivity (Wildman–Crippen MR) is 119 cm³/mol. The Bertz CT molecular complexity index is 1400. The van der Waals surface area contributed by atoms with Gasteiger partial charge in [0.25, 0.3) is 5.91 Å². The van der Waals surface area contributed by atoms with Crippen LogP contribution in [0.25, 0.3) is 10.9 Å². The van der Waals surface area contributed by atoms with Gasteiger partial charge in [-0.25, -0.2) is 8.42 Å². The van der Waals surface area contributed by atoms with Gasteiger partial charge in [0.05, 0.1) is 12.6 Å². The largest absolute Gasteiger partial charge is 0.495 e. The Morgan fingerprint density at radius 3 is 2.52 bits per heavy atom. The molecule has 31 heavy (non-hydrogen) atoms. The number of nitrogens with one attached hydrogen (secondary N) is 1. The van der Waals surface area contributed by atoms with Gasteiger partial charge in [0.2, 0.25) is 9.84 Å². The van der Waals surface area contributed by atoms with E-state index in [-0.39, 0.29) is 26.6 Å². The third-order valence-corrected chi connectivity index (χ3v) is 6.72. The number of para-hydroxylation sites is 1. The van der Waals surface area contributed by atoms with E-state index in [0.717, 1.165) is 0 Å². The zero-order valence-electron chi connectivity index (χ0n) is 16.7. The van der Waals surface area contributed by atoms with Crippen LogP contribution in [0.2, 0.25) is 5.02 Å². The van der Waals surface area contributed by atoms with Gasteiger partial charge in [0.1, 0.15) is 10.6 Å². The second kappa shape index (κ2) is 8.05. The second-order valence-electron chi connectivity index (χ2n) is 6.78. The SMILES string of the molecule is COc1ccc(Cl)cc1S(=O)(=O)c1nn(C)c2ccc(C(=O)Nc3ccccc3)cc12. The van der Waals surface area contributed by atoms with Crippen LogP contribution in [0.4, 0.5) is 5.69 Å². The number of amides is 1.